The van der Waals surface area contributed by atoms with Gasteiger partial charge in [-0.3, -0.25) is 9.59 Å². The van der Waals surface area contributed by atoms with E-state index in [4.69, 9.17) is 19.9 Å². The zero-order valence-electron chi connectivity index (χ0n) is 37.4. The van der Waals surface area contributed by atoms with Crippen LogP contribution in [0.25, 0.3) is 0 Å². The van der Waals surface area contributed by atoms with Crippen LogP contribution in [0, 0.1) is 39.9 Å². The molecule has 0 radical (unpaired) electrons. The lowest BCUT2D eigenvalue weighted by molar-refractivity contribution is -0.234. The Morgan fingerprint density at radius 3 is 2.21 bits per heavy atom. The number of anilines is 2. The Balaban J connectivity index is 1.15. The molecule has 4 aliphatic carbocycles. The van der Waals surface area contributed by atoms with Crippen molar-refractivity contribution in [2.45, 2.75) is 125 Å². The molecule has 0 heterocycles. The molecule has 0 spiro atoms. The summed E-state index contributed by atoms with van der Waals surface area (Å²) in [5.74, 6) is -1.92. The van der Waals surface area contributed by atoms with E-state index in [1.54, 1.807) is 48.5 Å². The minimum Gasteiger partial charge on any atom is -0.458 e. The van der Waals surface area contributed by atoms with Crippen LogP contribution in [0.4, 0.5) is 11.4 Å². The summed E-state index contributed by atoms with van der Waals surface area (Å²) >= 11 is 0. The molecule has 4 aliphatic rings. The second-order valence-electron chi connectivity index (χ2n) is 19.4. The van der Waals surface area contributed by atoms with Crippen LogP contribution in [0.3, 0.4) is 0 Å². The van der Waals surface area contributed by atoms with Gasteiger partial charge >= 0.3 is 17.9 Å². The third-order valence-corrected chi connectivity index (χ3v) is 15.6. The zero-order valence-corrected chi connectivity index (χ0v) is 37.4. The lowest BCUT2D eigenvalue weighted by Crippen LogP contribution is -2.65. The van der Waals surface area contributed by atoms with Crippen LogP contribution in [-0.4, -0.2) is 47.2 Å². The Labute approximate surface area is 366 Å². The summed E-state index contributed by atoms with van der Waals surface area (Å²) in [6, 6.07) is 23.1. The SMILES string of the molecule is CC(=O)O[C@H]1C[C@@]2(C)C(C[C@@H](O)C3[C@@]4(C)CC[C@@H](OC(=O)c5ccccc5C(=O)Nc5ccc(N)cc5)[C@@H](C)C4CC[C@@]32C)/C1=C(\CCC=C(C)C)C(=O)OCc1ccccc1. The van der Waals surface area contributed by atoms with Crippen molar-refractivity contribution >= 4 is 35.2 Å². The number of carbonyl (C=O) groups excluding carboxylic acids is 4. The number of esters is 3. The monoisotopic (exact) mass is 844 g/mol. The van der Waals surface area contributed by atoms with Gasteiger partial charge in [0, 0.05) is 23.9 Å². The van der Waals surface area contributed by atoms with E-state index in [1.807, 2.05) is 44.2 Å². The molecule has 4 N–H and O–H groups in total. The summed E-state index contributed by atoms with van der Waals surface area (Å²) in [5.41, 5.74) is 9.71. The predicted octanol–water partition coefficient (Wildman–Crippen LogP) is 10.0. The molecule has 0 aromatic heterocycles. The lowest BCUT2D eigenvalue weighted by atomic mass is 9.36. The number of amides is 1. The third-order valence-electron chi connectivity index (χ3n) is 15.6. The van der Waals surface area contributed by atoms with Gasteiger partial charge in [-0.1, -0.05) is 81.8 Å². The number of hydrogen-bond donors (Lipinski definition) is 3. The number of nitrogens with one attached hydrogen (secondary N) is 1. The topological polar surface area (TPSA) is 154 Å². The van der Waals surface area contributed by atoms with E-state index in [0.29, 0.717) is 49.1 Å². The quantitative estimate of drug-likeness (QED) is 0.0563. The van der Waals surface area contributed by atoms with Crippen LogP contribution < -0.4 is 11.1 Å². The molecule has 4 saturated carbocycles. The summed E-state index contributed by atoms with van der Waals surface area (Å²) in [4.78, 5) is 54.4. The number of nitrogen functional groups attached to an aromatic ring is 1. The average molecular weight is 845 g/mol. The summed E-state index contributed by atoms with van der Waals surface area (Å²) in [7, 11) is 0. The van der Waals surface area contributed by atoms with Crippen molar-refractivity contribution in [1.82, 2.24) is 0 Å². The number of aliphatic hydroxyl groups is 1. The highest BCUT2D eigenvalue weighted by Gasteiger charge is 2.71. The van der Waals surface area contributed by atoms with Crippen molar-refractivity contribution in [1.29, 1.82) is 0 Å². The Morgan fingerprint density at radius 2 is 1.53 bits per heavy atom. The number of allylic oxidation sites excluding steroid dienone is 2. The normalized spacial score (nSPS) is 31.9. The first kappa shape index (κ1) is 44.8. The molecule has 3 aromatic carbocycles. The van der Waals surface area contributed by atoms with E-state index < -0.39 is 41.4 Å². The first-order valence-corrected chi connectivity index (χ1v) is 22.4. The number of carbonyl (C=O) groups is 4. The van der Waals surface area contributed by atoms with E-state index >= 15 is 0 Å². The van der Waals surface area contributed by atoms with E-state index in [0.717, 1.165) is 36.0 Å². The molecule has 7 rings (SSSR count). The van der Waals surface area contributed by atoms with Crippen molar-refractivity contribution in [3.63, 3.8) is 0 Å². The average Bonchev–Trinajstić information content (AvgIpc) is 3.51. The summed E-state index contributed by atoms with van der Waals surface area (Å²) in [6.45, 7) is 14.7. The van der Waals surface area contributed by atoms with Crippen molar-refractivity contribution in [2.75, 3.05) is 11.1 Å². The maximum absolute atomic E-state index is 14.3. The smallest absolute Gasteiger partial charge is 0.339 e. The standard InChI is InChI=1S/C52H64N2O8/c1-31(2)14-13-19-39(48(58)60-30-34-15-9-8-10-16-34)45-41-28-42(56)46-50(5)26-25-43(32(3)40(50)24-27-51(46,6)52(41,7)29-44(45)61-33(4)55)62-49(59)38-18-12-11-17-37(38)47(57)54-36-22-20-35(53)21-23-36/h8-12,14-18,20-23,32,40-44,46,56H,13,19,24-30,53H2,1-7H3,(H,54,57)/b45-39-/t32-,40?,41?,42+,43+,44-,46?,50-,51-,52-/m0/s1. The molecule has 10 nitrogen and oxygen atoms in total. The number of hydrogen-bond acceptors (Lipinski definition) is 9. The van der Waals surface area contributed by atoms with Gasteiger partial charge in [0.25, 0.3) is 5.91 Å². The third kappa shape index (κ3) is 8.47. The van der Waals surface area contributed by atoms with Crippen LogP contribution in [-0.2, 0) is 30.4 Å². The van der Waals surface area contributed by atoms with E-state index in [-0.39, 0.29) is 58.3 Å². The molecular formula is C52H64N2O8. The summed E-state index contributed by atoms with van der Waals surface area (Å²) in [6.07, 6.45) is 5.51. The van der Waals surface area contributed by atoms with Crippen LogP contribution in [0.1, 0.15) is 126 Å². The fourth-order valence-corrected chi connectivity index (χ4v) is 12.6. The van der Waals surface area contributed by atoms with E-state index in [9.17, 15) is 24.3 Å². The number of benzene rings is 3. The van der Waals surface area contributed by atoms with Gasteiger partial charge in [0.05, 0.1) is 17.2 Å². The van der Waals surface area contributed by atoms with E-state index in [1.165, 1.54) is 6.92 Å². The second-order valence-corrected chi connectivity index (χ2v) is 19.4. The van der Waals surface area contributed by atoms with Crippen molar-refractivity contribution in [3.8, 4) is 0 Å². The molecule has 1 amide bonds. The van der Waals surface area contributed by atoms with Gasteiger partial charge in [-0.2, -0.15) is 0 Å². The first-order chi connectivity index (χ1) is 29.5. The molecule has 3 unspecified atom stereocenters. The van der Waals surface area contributed by atoms with Crippen LogP contribution in [0.5, 0.6) is 0 Å². The summed E-state index contributed by atoms with van der Waals surface area (Å²) in [5, 5.41) is 15.5. The van der Waals surface area contributed by atoms with Crippen molar-refractivity contribution < 1.29 is 38.5 Å². The van der Waals surface area contributed by atoms with Gasteiger partial charge < -0.3 is 30.4 Å². The zero-order chi connectivity index (χ0) is 44.6. The molecule has 4 fully saturated rings. The van der Waals surface area contributed by atoms with Gasteiger partial charge in [-0.05, 0) is 153 Å². The highest BCUT2D eigenvalue weighted by Crippen LogP contribution is 2.74. The Morgan fingerprint density at radius 1 is 0.855 bits per heavy atom. The Bertz CT molecular complexity index is 2230. The highest BCUT2D eigenvalue weighted by atomic mass is 16.6. The van der Waals surface area contributed by atoms with Crippen LogP contribution >= 0.6 is 0 Å². The fourth-order valence-electron chi connectivity index (χ4n) is 12.6. The van der Waals surface area contributed by atoms with Gasteiger partial charge in [0.1, 0.15) is 18.8 Å². The molecule has 62 heavy (non-hydrogen) atoms. The van der Waals surface area contributed by atoms with Crippen LogP contribution in [0.2, 0.25) is 0 Å². The van der Waals surface area contributed by atoms with Crippen LogP contribution in [0.15, 0.2) is 102 Å². The Kier molecular flexibility index (Phi) is 12.9. The second kappa shape index (κ2) is 17.9. The minimum absolute atomic E-state index is 0.00959. The molecular weight excluding hydrogens is 781 g/mol. The molecule has 3 aromatic rings. The molecule has 0 saturated heterocycles. The maximum atomic E-state index is 14.3. The first-order valence-electron chi connectivity index (χ1n) is 22.4. The summed E-state index contributed by atoms with van der Waals surface area (Å²) < 4.78 is 18.5. The fraction of sp³-hybridized carbons (Fsp3) is 0.500. The Hall–Kier alpha value is -5.22. The maximum Gasteiger partial charge on any atom is 0.339 e. The lowest BCUT2D eigenvalue weighted by Gasteiger charge is -2.69. The van der Waals surface area contributed by atoms with Crippen molar-refractivity contribution in [2.24, 2.45) is 39.9 Å². The largest absolute Gasteiger partial charge is 0.458 e. The van der Waals surface area contributed by atoms with Gasteiger partial charge in [0.2, 0.25) is 0 Å². The van der Waals surface area contributed by atoms with E-state index in [2.05, 4.69) is 39.1 Å². The molecule has 10 atom stereocenters. The number of fused-ring (bicyclic) bond motifs is 5. The van der Waals surface area contributed by atoms with Gasteiger partial charge in [-0.15, -0.1) is 0 Å². The molecule has 0 bridgehead atoms. The van der Waals surface area contributed by atoms with Crippen molar-refractivity contribution in [3.05, 3.63) is 118 Å². The molecule has 330 valence electrons. The van der Waals surface area contributed by atoms with Gasteiger partial charge in [-0.25, -0.2) is 9.59 Å². The number of aliphatic hydroxyl groups excluding tert-OH is 1. The molecule has 10 heteroatoms. The minimum atomic E-state index is -0.686. The number of rotatable bonds is 11. The van der Waals surface area contributed by atoms with Gasteiger partial charge in [0.15, 0.2) is 0 Å². The number of ether oxygens (including phenoxy) is 3. The molecule has 0 aliphatic heterocycles. The highest BCUT2D eigenvalue weighted by molar-refractivity contribution is 6.11. The number of nitrogens with two attached hydrogens (primary N) is 1. The predicted molar refractivity (Wildman–Crippen MR) is 240 cm³/mol.